The summed E-state index contributed by atoms with van der Waals surface area (Å²) in [5, 5.41) is 4.65. The number of hydrogen-bond donors (Lipinski definition) is 1. The van der Waals surface area contributed by atoms with Gasteiger partial charge in [0.25, 0.3) is 0 Å². The monoisotopic (exact) mass is 327 g/mol. The summed E-state index contributed by atoms with van der Waals surface area (Å²) in [6, 6.07) is 2.99. The third-order valence-electron chi connectivity index (χ3n) is 3.02. The first-order valence-electron chi connectivity index (χ1n) is 6.38. The lowest BCUT2D eigenvalue weighted by atomic mass is 10.1. The number of aryl methyl sites for hydroxylation is 1. The zero-order valence-corrected chi connectivity index (χ0v) is 13.2. The van der Waals surface area contributed by atoms with E-state index in [1.807, 2.05) is 6.92 Å². The molecule has 21 heavy (non-hydrogen) atoms. The third kappa shape index (κ3) is 2.99. The lowest BCUT2D eigenvalue weighted by molar-refractivity contribution is 0.102. The number of benzene rings is 1. The Kier molecular flexibility index (Phi) is 4.75. The van der Waals surface area contributed by atoms with Gasteiger partial charge >= 0.3 is 0 Å². The maximum Gasteiger partial charge on any atom is 0.214 e. The van der Waals surface area contributed by atoms with E-state index in [0.717, 1.165) is 6.42 Å². The highest BCUT2D eigenvalue weighted by atomic mass is 35.5. The Morgan fingerprint density at radius 3 is 2.52 bits per heavy atom. The Bertz CT molecular complexity index is 660. The highest BCUT2D eigenvalue weighted by Crippen LogP contribution is 2.31. The zero-order chi connectivity index (χ0) is 15.6. The molecule has 0 spiro atoms. The number of methoxy groups -OCH3 is 1. The van der Waals surface area contributed by atoms with Gasteiger partial charge in [-0.15, -0.1) is 0 Å². The molecule has 112 valence electrons. The second-order valence-corrected chi connectivity index (χ2v) is 5.28. The fraction of sp³-hybridized carbons (Fsp3) is 0.286. The molecule has 2 rings (SSSR count). The Hall–Kier alpha value is -1.72. The smallest absolute Gasteiger partial charge is 0.214 e. The molecular formula is C14H15Cl2N3O2. The molecule has 7 heteroatoms. The average Bonchev–Trinajstić information content (AvgIpc) is 2.86. The summed E-state index contributed by atoms with van der Waals surface area (Å²) in [6.07, 6.45) is 2.36. The van der Waals surface area contributed by atoms with Crippen molar-refractivity contribution in [1.82, 2.24) is 9.78 Å². The Balaban J connectivity index is 2.51. The first-order valence-corrected chi connectivity index (χ1v) is 7.14. The molecule has 1 aromatic carbocycles. The van der Waals surface area contributed by atoms with Crippen LogP contribution < -0.4 is 10.5 Å². The number of halogens is 2. The predicted octanol–water partition coefficient (Wildman–Crippen LogP) is 3.42. The molecule has 2 N–H and O–H groups in total. The van der Waals surface area contributed by atoms with Gasteiger partial charge in [-0.2, -0.15) is 5.10 Å². The number of nitrogens with zero attached hydrogens (tertiary/aromatic N) is 2. The standard InChI is InChI=1S/C14H15Cl2N3O2/c1-3-4-19-13(11(21-2)7-18-19)14(20)8-5-9(15)12(17)10(16)6-8/h5-7H,3-4,17H2,1-2H3. The minimum Gasteiger partial charge on any atom is -0.493 e. The van der Waals surface area contributed by atoms with Crippen LogP contribution in [0.3, 0.4) is 0 Å². The van der Waals surface area contributed by atoms with Gasteiger partial charge in [0, 0.05) is 12.1 Å². The first kappa shape index (κ1) is 15.7. The number of carbonyl (C=O) groups is 1. The van der Waals surface area contributed by atoms with Crippen LogP contribution in [0.4, 0.5) is 5.69 Å². The maximum atomic E-state index is 12.7. The second kappa shape index (κ2) is 6.37. The number of nitrogens with two attached hydrogens (primary N) is 1. The second-order valence-electron chi connectivity index (χ2n) is 4.47. The minimum atomic E-state index is -0.262. The zero-order valence-electron chi connectivity index (χ0n) is 11.7. The summed E-state index contributed by atoms with van der Waals surface area (Å²) in [7, 11) is 1.49. The molecule has 0 radical (unpaired) electrons. The molecule has 0 bridgehead atoms. The lowest BCUT2D eigenvalue weighted by Gasteiger charge is -2.09. The van der Waals surface area contributed by atoms with Gasteiger partial charge in [-0.05, 0) is 18.6 Å². The van der Waals surface area contributed by atoms with E-state index in [4.69, 9.17) is 33.7 Å². The van der Waals surface area contributed by atoms with Crippen molar-refractivity contribution in [3.05, 3.63) is 39.6 Å². The third-order valence-corrected chi connectivity index (χ3v) is 3.64. The van der Waals surface area contributed by atoms with Gasteiger partial charge in [-0.3, -0.25) is 9.48 Å². The van der Waals surface area contributed by atoms with Crippen LogP contribution >= 0.6 is 23.2 Å². The molecule has 0 aliphatic rings. The topological polar surface area (TPSA) is 70.1 Å². The summed E-state index contributed by atoms with van der Waals surface area (Å²) in [5.74, 6) is 0.152. The quantitative estimate of drug-likeness (QED) is 0.674. The van der Waals surface area contributed by atoms with E-state index in [-0.39, 0.29) is 21.5 Å². The van der Waals surface area contributed by atoms with Gasteiger partial charge < -0.3 is 10.5 Å². The van der Waals surface area contributed by atoms with Crippen LogP contribution in [0, 0.1) is 0 Å². The lowest BCUT2D eigenvalue weighted by Crippen LogP contribution is -2.13. The van der Waals surface area contributed by atoms with E-state index in [2.05, 4.69) is 5.10 Å². The van der Waals surface area contributed by atoms with Gasteiger partial charge in [0.1, 0.15) is 0 Å². The van der Waals surface area contributed by atoms with Gasteiger partial charge in [-0.25, -0.2) is 0 Å². The maximum absolute atomic E-state index is 12.7. The molecule has 0 amide bonds. The molecule has 1 heterocycles. The van der Waals surface area contributed by atoms with Gasteiger partial charge in [0.05, 0.1) is 29.0 Å². The largest absolute Gasteiger partial charge is 0.493 e. The first-order chi connectivity index (χ1) is 9.99. The molecule has 5 nitrogen and oxygen atoms in total. The Labute approximate surface area is 132 Å². The molecule has 1 aromatic heterocycles. The van der Waals surface area contributed by atoms with E-state index < -0.39 is 0 Å². The van der Waals surface area contributed by atoms with Crippen molar-refractivity contribution < 1.29 is 9.53 Å². The Morgan fingerprint density at radius 2 is 2.00 bits per heavy atom. The van der Waals surface area contributed by atoms with Crippen molar-refractivity contribution in [2.45, 2.75) is 19.9 Å². The number of nitrogen functional groups attached to an aromatic ring is 1. The van der Waals surface area contributed by atoms with Crippen LogP contribution in [0.2, 0.25) is 10.0 Å². The van der Waals surface area contributed by atoms with Gasteiger partial charge in [0.15, 0.2) is 11.4 Å². The SMILES string of the molecule is CCCn1ncc(OC)c1C(=O)c1cc(Cl)c(N)c(Cl)c1. The highest BCUT2D eigenvalue weighted by Gasteiger charge is 2.22. The normalized spacial score (nSPS) is 10.7. The molecule has 0 aliphatic carbocycles. The van der Waals surface area contributed by atoms with Crippen molar-refractivity contribution in [3.8, 4) is 5.75 Å². The number of rotatable bonds is 5. The summed E-state index contributed by atoms with van der Waals surface area (Å²) in [6.45, 7) is 2.61. The van der Waals surface area contributed by atoms with E-state index in [1.54, 1.807) is 4.68 Å². The van der Waals surface area contributed by atoms with Gasteiger partial charge in [0.2, 0.25) is 5.78 Å². The van der Waals surface area contributed by atoms with Crippen molar-refractivity contribution in [1.29, 1.82) is 0 Å². The van der Waals surface area contributed by atoms with Gasteiger partial charge in [-0.1, -0.05) is 30.1 Å². The molecule has 0 aliphatic heterocycles. The van der Waals surface area contributed by atoms with Crippen LogP contribution in [0.25, 0.3) is 0 Å². The number of carbonyl (C=O) groups excluding carboxylic acids is 1. The molecule has 0 unspecified atom stereocenters. The van der Waals surface area contributed by atoms with Crippen molar-refractivity contribution >= 4 is 34.7 Å². The van der Waals surface area contributed by atoms with Crippen LogP contribution in [0.1, 0.15) is 29.4 Å². The van der Waals surface area contributed by atoms with Crippen molar-refractivity contribution in [2.75, 3.05) is 12.8 Å². The number of ether oxygens (including phenoxy) is 1. The minimum absolute atomic E-state index is 0.242. The number of aromatic nitrogens is 2. The Morgan fingerprint density at radius 1 is 1.38 bits per heavy atom. The fourth-order valence-corrected chi connectivity index (χ4v) is 2.47. The van der Waals surface area contributed by atoms with E-state index in [0.29, 0.717) is 23.6 Å². The average molecular weight is 328 g/mol. The molecule has 0 saturated heterocycles. The summed E-state index contributed by atoms with van der Waals surface area (Å²) in [4.78, 5) is 12.7. The van der Waals surface area contributed by atoms with Crippen LogP contribution in [0.15, 0.2) is 18.3 Å². The molecule has 0 saturated carbocycles. The molecule has 2 aromatic rings. The highest BCUT2D eigenvalue weighted by molar-refractivity contribution is 6.39. The van der Waals surface area contributed by atoms with E-state index in [1.165, 1.54) is 25.4 Å². The number of ketones is 1. The van der Waals surface area contributed by atoms with Crippen LogP contribution in [-0.2, 0) is 6.54 Å². The number of hydrogen-bond acceptors (Lipinski definition) is 4. The molecule has 0 fully saturated rings. The van der Waals surface area contributed by atoms with Crippen LogP contribution in [-0.4, -0.2) is 22.7 Å². The van der Waals surface area contributed by atoms with Crippen molar-refractivity contribution in [3.63, 3.8) is 0 Å². The predicted molar refractivity (Wildman–Crippen MR) is 83.4 cm³/mol. The fourth-order valence-electron chi connectivity index (χ4n) is 1.98. The summed E-state index contributed by atoms with van der Waals surface area (Å²) in [5.41, 5.74) is 6.65. The van der Waals surface area contributed by atoms with E-state index in [9.17, 15) is 4.79 Å². The summed E-state index contributed by atoms with van der Waals surface area (Å²) >= 11 is 12.0. The number of anilines is 1. The molecule has 0 atom stereocenters. The van der Waals surface area contributed by atoms with Crippen LogP contribution in [0.5, 0.6) is 5.75 Å². The molecular weight excluding hydrogens is 313 g/mol. The summed E-state index contributed by atoms with van der Waals surface area (Å²) < 4.78 is 6.81. The van der Waals surface area contributed by atoms with Crippen molar-refractivity contribution in [2.24, 2.45) is 0 Å². The van der Waals surface area contributed by atoms with E-state index >= 15 is 0 Å².